The van der Waals surface area contributed by atoms with Crippen LogP contribution in [0, 0.1) is 11.7 Å². The first-order valence-electron chi connectivity index (χ1n) is 13.0. The molecule has 4 aromatic rings. The van der Waals surface area contributed by atoms with Gasteiger partial charge in [-0.15, -0.1) is 0 Å². The molecule has 0 aliphatic heterocycles. The van der Waals surface area contributed by atoms with E-state index in [1.54, 1.807) is 31.4 Å². The summed E-state index contributed by atoms with van der Waals surface area (Å²) >= 11 is 0. The minimum absolute atomic E-state index is 0.0325. The van der Waals surface area contributed by atoms with Gasteiger partial charge in [-0.05, 0) is 98.4 Å². The van der Waals surface area contributed by atoms with Crippen LogP contribution in [0.1, 0.15) is 72.3 Å². The van der Waals surface area contributed by atoms with E-state index in [4.69, 9.17) is 9.72 Å². The highest BCUT2D eigenvalue weighted by molar-refractivity contribution is 5.97. The van der Waals surface area contributed by atoms with E-state index in [-0.39, 0.29) is 30.0 Å². The molecule has 7 nitrogen and oxygen atoms in total. The topological polar surface area (TPSA) is 100 Å². The maximum atomic E-state index is 13.9. The van der Waals surface area contributed by atoms with Crippen LogP contribution in [0.2, 0.25) is 0 Å². The predicted molar refractivity (Wildman–Crippen MR) is 139 cm³/mol. The molecular weight excluding hydrogens is 471 g/mol. The molecule has 37 heavy (non-hydrogen) atoms. The van der Waals surface area contributed by atoms with Crippen molar-refractivity contribution in [1.29, 1.82) is 0 Å². The molecule has 8 heteroatoms. The molecule has 2 aromatic carbocycles. The van der Waals surface area contributed by atoms with E-state index in [9.17, 15) is 14.3 Å². The Hall–Kier alpha value is -3.36. The maximum Gasteiger partial charge on any atom is 0.251 e. The Labute approximate surface area is 214 Å². The number of ether oxygens (including phenoxy) is 1. The lowest BCUT2D eigenvalue weighted by Crippen LogP contribution is -2.46. The highest BCUT2D eigenvalue weighted by atomic mass is 19.1. The summed E-state index contributed by atoms with van der Waals surface area (Å²) in [4.78, 5) is 25.2. The van der Waals surface area contributed by atoms with Crippen molar-refractivity contribution in [2.75, 3.05) is 7.11 Å². The Kier molecular flexibility index (Phi) is 6.38. The maximum absolute atomic E-state index is 13.9. The standard InChI is InChI=1S/C29H31FN4O3/c1-37-27(17-4-2-16(3-5-17)22-10-11-31-24-9-7-19(30)13-23(22)24)28-33-25-8-6-18(12-26(25)34-28)29(36)32-20-14-21(35)15-20/h6-13,16-17,20-21,27,35H,2-5,14-15H2,1H3,(H,32,36)(H,33,34)/t16?,17?,20?,21?,27-/m1/s1. The smallest absolute Gasteiger partial charge is 0.251 e. The van der Waals surface area contributed by atoms with Crippen molar-refractivity contribution in [1.82, 2.24) is 20.3 Å². The van der Waals surface area contributed by atoms with E-state index in [0.29, 0.717) is 30.2 Å². The quantitative estimate of drug-likeness (QED) is 0.338. The Morgan fingerprint density at radius 2 is 1.92 bits per heavy atom. The van der Waals surface area contributed by atoms with E-state index >= 15 is 0 Å². The summed E-state index contributed by atoms with van der Waals surface area (Å²) < 4.78 is 19.9. The first kappa shape index (κ1) is 24.0. The number of benzene rings is 2. The van der Waals surface area contributed by atoms with Gasteiger partial charge in [0.25, 0.3) is 5.91 Å². The zero-order chi connectivity index (χ0) is 25.5. The Morgan fingerprint density at radius 3 is 2.68 bits per heavy atom. The number of amides is 1. The van der Waals surface area contributed by atoms with Crippen molar-refractivity contribution >= 4 is 27.8 Å². The van der Waals surface area contributed by atoms with Gasteiger partial charge in [0, 0.05) is 30.3 Å². The second-order valence-corrected chi connectivity index (χ2v) is 10.5. The summed E-state index contributed by atoms with van der Waals surface area (Å²) in [7, 11) is 1.72. The first-order chi connectivity index (χ1) is 18.0. The molecule has 1 amide bonds. The molecule has 0 spiro atoms. The van der Waals surface area contributed by atoms with Crippen molar-refractivity contribution in [3.8, 4) is 0 Å². The van der Waals surface area contributed by atoms with E-state index < -0.39 is 0 Å². The first-order valence-corrected chi connectivity index (χ1v) is 13.0. The number of rotatable bonds is 6. The van der Waals surface area contributed by atoms with Crippen LogP contribution in [0.3, 0.4) is 0 Å². The van der Waals surface area contributed by atoms with Gasteiger partial charge in [0.05, 0.1) is 22.7 Å². The lowest BCUT2D eigenvalue weighted by Gasteiger charge is -2.33. The molecule has 2 aromatic heterocycles. The fourth-order valence-corrected chi connectivity index (χ4v) is 6.03. The number of methoxy groups -OCH3 is 1. The van der Waals surface area contributed by atoms with Gasteiger partial charge in [0.2, 0.25) is 0 Å². The van der Waals surface area contributed by atoms with Crippen LogP contribution in [0.15, 0.2) is 48.7 Å². The minimum atomic E-state index is -0.310. The number of hydrogen-bond acceptors (Lipinski definition) is 5. The third-order valence-corrected chi connectivity index (χ3v) is 8.11. The molecule has 2 heterocycles. The number of aliphatic hydroxyl groups excluding tert-OH is 1. The average Bonchev–Trinajstić information content (AvgIpc) is 3.31. The third-order valence-electron chi connectivity index (χ3n) is 8.11. The summed E-state index contributed by atoms with van der Waals surface area (Å²) in [6.07, 6.45) is 6.46. The molecule has 0 saturated heterocycles. The molecule has 2 aliphatic carbocycles. The van der Waals surface area contributed by atoms with Gasteiger partial charge in [-0.3, -0.25) is 9.78 Å². The molecular formula is C29H31FN4O3. The molecule has 3 N–H and O–H groups in total. The van der Waals surface area contributed by atoms with Gasteiger partial charge < -0.3 is 20.1 Å². The van der Waals surface area contributed by atoms with Crippen molar-refractivity contribution in [3.63, 3.8) is 0 Å². The zero-order valence-electron chi connectivity index (χ0n) is 20.8. The number of H-pyrrole nitrogens is 1. The molecule has 0 radical (unpaired) electrons. The number of aromatic amines is 1. The van der Waals surface area contributed by atoms with Crippen LogP contribution in [0.5, 0.6) is 0 Å². The number of carbonyl (C=O) groups excluding carboxylic acids is 1. The highest BCUT2D eigenvalue weighted by Crippen LogP contribution is 2.43. The molecule has 192 valence electrons. The number of nitrogens with zero attached hydrogens (tertiary/aromatic N) is 2. The van der Waals surface area contributed by atoms with Gasteiger partial charge in [-0.2, -0.15) is 0 Å². The molecule has 6 rings (SSSR count). The number of halogens is 1. The lowest BCUT2D eigenvalue weighted by molar-refractivity contribution is 0.0274. The molecule has 0 bridgehead atoms. The SMILES string of the molecule is CO[C@@H](c1nc2cc(C(=O)NC3CC(O)C3)ccc2[nH]1)C1CCC(c2ccnc3ccc(F)cc23)CC1. The van der Waals surface area contributed by atoms with Crippen LogP contribution < -0.4 is 5.32 Å². The van der Waals surface area contributed by atoms with Crippen LogP contribution in [0.25, 0.3) is 21.9 Å². The van der Waals surface area contributed by atoms with Crippen LogP contribution in [-0.4, -0.2) is 45.2 Å². The van der Waals surface area contributed by atoms with Crippen LogP contribution in [-0.2, 0) is 4.74 Å². The number of fused-ring (bicyclic) bond motifs is 2. The van der Waals surface area contributed by atoms with Gasteiger partial charge >= 0.3 is 0 Å². The number of pyridine rings is 1. The fraction of sp³-hybridized carbons (Fsp3) is 0.414. The van der Waals surface area contributed by atoms with Crippen molar-refractivity contribution in [2.24, 2.45) is 5.92 Å². The Bertz CT molecular complexity index is 1440. The van der Waals surface area contributed by atoms with Crippen molar-refractivity contribution < 1.29 is 19.0 Å². The van der Waals surface area contributed by atoms with E-state index in [2.05, 4.69) is 15.3 Å². The number of hydrogen-bond donors (Lipinski definition) is 3. The number of aromatic nitrogens is 3. The molecule has 0 unspecified atom stereocenters. The number of aliphatic hydroxyl groups is 1. The zero-order valence-corrected chi connectivity index (χ0v) is 20.8. The highest BCUT2D eigenvalue weighted by Gasteiger charge is 2.32. The summed E-state index contributed by atoms with van der Waals surface area (Å²) in [6, 6.07) is 12.3. The molecule has 2 aliphatic rings. The van der Waals surface area contributed by atoms with E-state index in [1.807, 2.05) is 18.3 Å². The van der Waals surface area contributed by atoms with Crippen LogP contribution in [0.4, 0.5) is 4.39 Å². The van der Waals surface area contributed by atoms with E-state index in [1.165, 1.54) is 11.6 Å². The van der Waals surface area contributed by atoms with Gasteiger partial charge in [-0.1, -0.05) is 0 Å². The monoisotopic (exact) mass is 502 g/mol. The van der Waals surface area contributed by atoms with Crippen molar-refractivity contribution in [2.45, 2.75) is 62.7 Å². The van der Waals surface area contributed by atoms with E-state index in [0.717, 1.165) is 53.4 Å². The number of carbonyl (C=O) groups is 1. The molecule has 1 atom stereocenters. The normalized spacial score (nSPS) is 24.6. The largest absolute Gasteiger partial charge is 0.393 e. The second-order valence-electron chi connectivity index (χ2n) is 10.5. The second kappa shape index (κ2) is 9.84. The average molecular weight is 503 g/mol. The summed E-state index contributed by atoms with van der Waals surface area (Å²) in [5, 5.41) is 13.3. The lowest BCUT2D eigenvalue weighted by atomic mass is 9.76. The van der Waals surface area contributed by atoms with Crippen molar-refractivity contribution in [3.05, 3.63) is 71.4 Å². The summed E-state index contributed by atoms with van der Waals surface area (Å²) in [6.45, 7) is 0. The predicted octanol–water partition coefficient (Wildman–Crippen LogP) is 5.16. The summed E-state index contributed by atoms with van der Waals surface area (Å²) in [5.74, 6) is 1.06. The van der Waals surface area contributed by atoms with Gasteiger partial charge in [-0.25, -0.2) is 9.37 Å². The van der Waals surface area contributed by atoms with Crippen LogP contribution >= 0.6 is 0 Å². The summed E-state index contributed by atoms with van der Waals surface area (Å²) in [5.41, 5.74) is 4.16. The van der Waals surface area contributed by atoms with Gasteiger partial charge in [0.1, 0.15) is 17.7 Å². The Balaban J connectivity index is 1.16. The minimum Gasteiger partial charge on any atom is -0.393 e. The molecule has 2 fully saturated rings. The third kappa shape index (κ3) is 4.71. The molecule has 2 saturated carbocycles. The Morgan fingerprint density at radius 1 is 1.11 bits per heavy atom. The number of nitrogens with one attached hydrogen (secondary N) is 2. The van der Waals surface area contributed by atoms with Gasteiger partial charge in [0.15, 0.2) is 0 Å². The number of imidazole rings is 1. The fourth-order valence-electron chi connectivity index (χ4n) is 6.03.